The monoisotopic (exact) mass is 732 g/mol. The molecule has 2 aliphatic rings. The molecule has 2 saturated carbocycles. The van der Waals surface area contributed by atoms with Gasteiger partial charge in [0.2, 0.25) is 0 Å². The summed E-state index contributed by atoms with van der Waals surface area (Å²) in [6, 6.07) is 36.2. The van der Waals surface area contributed by atoms with Crippen LogP contribution in [-0.4, -0.2) is 49.3 Å². The smallest absolute Gasteiger partial charge is 0.338 e. The molecule has 0 aliphatic heterocycles. The molecule has 4 aromatic rings. The maximum atomic E-state index is 12.6. The Labute approximate surface area is 319 Å². The zero-order valence-corrected chi connectivity index (χ0v) is 31.4. The van der Waals surface area contributed by atoms with E-state index in [0.717, 1.165) is 57.8 Å². The minimum Gasteiger partial charge on any atom is -0.462 e. The summed E-state index contributed by atoms with van der Waals surface area (Å²) in [5.41, 5.74) is 1.89. The van der Waals surface area contributed by atoms with Crippen molar-refractivity contribution in [2.24, 2.45) is 17.3 Å². The Balaban J connectivity index is 0.000000208. The average Bonchev–Trinajstić information content (AvgIpc) is 3.24. The van der Waals surface area contributed by atoms with E-state index in [1.807, 2.05) is 86.6 Å². The van der Waals surface area contributed by atoms with Crippen LogP contribution in [0, 0.1) is 17.3 Å². The van der Waals surface area contributed by atoms with Crippen molar-refractivity contribution < 1.29 is 38.1 Å². The normalized spacial score (nSPS) is 18.7. The Hall–Kier alpha value is -5.24. The van der Waals surface area contributed by atoms with Gasteiger partial charge in [-0.15, -0.1) is 0 Å². The van der Waals surface area contributed by atoms with Crippen LogP contribution in [-0.2, 0) is 18.9 Å². The summed E-state index contributed by atoms with van der Waals surface area (Å²) in [6.07, 6.45) is 8.27. The molecule has 8 heteroatoms. The van der Waals surface area contributed by atoms with Crippen LogP contribution in [0.3, 0.4) is 0 Å². The SMILES string of the molecule is CC(OC(=O)c1ccccc1)C1(C(C)OC(=O)c2ccccc2)CCCCC1.O=C(OCC1CCC(COC(=O)c2ccccc2)CC1)c1ccccc1. The molecule has 284 valence electrons. The minimum absolute atomic E-state index is 0.260. The predicted molar refractivity (Wildman–Crippen MR) is 207 cm³/mol. The second kappa shape index (κ2) is 20.3. The maximum absolute atomic E-state index is 12.6. The van der Waals surface area contributed by atoms with Gasteiger partial charge in [-0.3, -0.25) is 0 Å². The summed E-state index contributed by atoms with van der Waals surface area (Å²) in [4.78, 5) is 49.1. The molecule has 0 amide bonds. The Kier molecular flexibility index (Phi) is 15.0. The van der Waals surface area contributed by atoms with Crippen LogP contribution < -0.4 is 0 Å². The molecule has 54 heavy (non-hydrogen) atoms. The van der Waals surface area contributed by atoms with Gasteiger partial charge in [0, 0.05) is 5.41 Å². The highest BCUT2D eigenvalue weighted by Gasteiger charge is 2.46. The van der Waals surface area contributed by atoms with Crippen molar-refractivity contribution in [3.05, 3.63) is 144 Å². The third-order valence-electron chi connectivity index (χ3n) is 10.9. The average molecular weight is 733 g/mol. The first-order valence-electron chi connectivity index (χ1n) is 19.2. The third kappa shape index (κ3) is 11.4. The van der Waals surface area contributed by atoms with Crippen molar-refractivity contribution in [1.29, 1.82) is 0 Å². The standard InChI is InChI=1S/C24H28O4.C22H24O4/c1-18(27-22(25)20-12-6-3-7-13-20)24(16-10-5-11-17-24)19(2)28-23(26)21-14-8-4-9-15-21;23-21(19-7-3-1-4-8-19)25-15-17-11-13-18(14-12-17)16-26-22(24)20-9-5-2-6-10-20/h3-4,6-9,12-15,18-19H,5,10-11,16-17H2,1-2H3;1-10,17-18H,11-16H2. The van der Waals surface area contributed by atoms with Crippen LogP contribution in [0.15, 0.2) is 121 Å². The highest BCUT2D eigenvalue weighted by Crippen LogP contribution is 2.45. The van der Waals surface area contributed by atoms with Crippen LogP contribution in [0.25, 0.3) is 0 Å². The summed E-state index contributed by atoms with van der Waals surface area (Å²) < 4.78 is 22.6. The van der Waals surface area contributed by atoms with E-state index in [4.69, 9.17) is 18.9 Å². The number of hydrogen-bond donors (Lipinski definition) is 0. The largest absolute Gasteiger partial charge is 0.462 e. The second-order valence-corrected chi connectivity index (χ2v) is 14.4. The van der Waals surface area contributed by atoms with Gasteiger partial charge in [-0.05, 0) is 113 Å². The zero-order valence-electron chi connectivity index (χ0n) is 31.4. The Morgan fingerprint density at radius 3 is 1.09 bits per heavy atom. The number of hydrogen-bond acceptors (Lipinski definition) is 8. The molecule has 2 aliphatic carbocycles. The fourth-order valence-corrected chi connectivity index (χ4v) is 7.46. The van der Waals surface area contributed by atoms with E-state index in [2.05, 4.69) is 0 Å². The van der Waals surface area contributed by atoms with E-state index < -0.39 is 0 Å². The molecular formula is C46H52O8. The van der Waals surface area contributed by atoms with Gasteiger partial charge in [-0.2, -0.15) is 0 Å². The van der Waals surface area contributed by atoms with Gasteiger partial charge in [0.25, 0.3) is 0 Å². The quantitative estimate of drug-likeness (QED) is 0.105. The molecule has 0 spiro atoms. The fourth-order valence-electron chi connectivity index (χ4n) is 7.46. The summed E-state index contributed by atoms with van der Waals surface area (Å²) in [7, 11) is 0. The first-order valence-corrected chi connectivity index (χ1v) is 19.2. The molecule has 0 N–H and O–H groups in total. The summed E-state index contributed by atoms with van der Waals surface area (Å²) in [5.74, 6) is -0.402. The van der Waals surface area contributed by atoms with Gasteiger partial charge < -0.3 is 18.9 Å². The van der Waals surface area contributed by atoms with Gasteiger partial charge in [0.15, 0.2) is 0 Å². The van der Waals surface area contributed by atoms with Crippen molar-refractivity contribution in [3.8, 4) is 0 Å². The van der Waals surface area contributed by atoms with Crippen LogP contribution in [0.5, 0.6) is 0 Å². The molecule has 6 rings (SSSR count). The van der Waals surface area contributed by atoms with E-state index in [9.17, 15) is 19.2 Å². The molecule has 0 saturated heterocycles. The van der Waals surface area contributed by atoms with Crippen molar-refractivity contribution >= 4 is 23.9 Å². The summed E-state index contributed by atoms with van der Waals surface area (Å²) in [6.45, 7) is 4.78. The van der Waals surface area contributed by atoms with E-state index >= 15 is 0 Å². The molecule has 0 aromatic heterocycles. The number of carbonyl (C=O) groups is 4. The van der Waals surface area contributed by atoms with Gasteiger partial charge in [0.05, 0.1) is 35.5 Å². The van der Waals surface area contributed by atoms with E-state index in [1.165, 1.54) is 0 Å². The van der Waals surface area contributed by atoms with E-state index in [1.54, 1.807) is 48.5 Å². The molecule has 0 bridgehead atoms. The van der Waals surface area contributed by atoms with Crippen molar-refractivity contribution in [1.82, 2.24) is 0 Å². The summed E-state index contributed by atoms with van der Waals surface area (Å²) >= 11 is 0. The van der Waals surface area contributed by atoms with Crippen molar-refractivity contribution in [2.75, 3.05) is 13.2 Å². The molecule has 2 fully saturated rings. The topological polar surface area (TPSA) is 105 Å². The lowest BCUT2D eigenvalue weighted by Gasteiger charge is -2.45. The van der Waals surface area contributed by atoms with Crippen LogP contribution >= 0.6 is 0 Å². The van der Waals surface area contributed by atoms with Crippen molar-refractivity contribution in [3.63, 3.8) is 0 Å². The number of rotatable bonds is 12. The first-order chi connectivity index (χ1) is 26.2. The molecule has 4 aromatic carbocycles. The Morgan fingerprint density at radius 2 is 0.778 bits per heavy atom. The Bertz CT molecular complexity index is 1620. The molecule has 8 nitrogen and oxygen atoms in total. The van der Waals surface area contributed by atoms with Gasteiger partial charge in [0.1, 0.15) is 12.2 Å². The lowest BCUT2D eigenvalue weighted by Crippen LogP contribution is -2.48. The van der Waals surface area contributed by atoms with Gasteiger partial charge in [-0.1, -0.05) is 92.1 Å². The summed E-state index contributed by atoms with van der Waals surface area (Å²) in [5, 5.41) is 0. The maximum Gasteiger partial charge on any atom is 0.338 e. The van der Waals surface area contributed by atoms with Gasteiger partial charge in [-0.25, -0.2) is 19.2 Å². The second-order valence-electron chi connectivity index (χ2n) is 14.4. The van der Waals surface area contributed by atoms with Crippen LogP contribution in [0.2, 0.25) is 0 Å². The number of esters is 4. The minimum atomic E-state index is -0.368. The van der Waals surface area contributed by atoms with E-state index in [-0.39, 0.29) is 41.5 Å². The number of carbonyl (C=O) groups excluding carboxylic acids is 4. The molecular weight excluding hydrogens is 680 g/mol. The zero-order chi connectivity index (χ0) is 38.2. The highest BCUT2D eigenvalue weighted by atomic mass is 16.6. The fraction of sp³-hybridized carbons (Fsp3) is 0.391. The number of benzene rings is 4. The molecule has 0 heterocycles. The van der Waals surface area contributed by atoms with E-state index in [0.29, 0.717) is 47.3 Å². The first kappa shape index (κ1) is 40.0. The molecule has 2 atom stereocenters. The molecule has 2 unspecified atom stereocenters. The lowest BCUT2D eigenvalue weighted by atomic mass is 9.67. The lowest BCUT2D eigenvalue weighted by molar-refractivity contribution is -0.0930. The predicted octanol–water partition coefficient (Wildman–Crippen LogP) is 9.93. The van der Waals surface area contributed by atoms with Crippen LogP contribution in [0.1, 0.15) is 113 Å². The highest BCUT2D eigenvalue weighted by molar-refractivity contribution is 5.91. The third-order valence-corrected chi connectivity index (χ3v) is 10.9. The van der Waals surface area contributed by atoms with Crippen molar-refractivity contribution in [2.45, 2.75) is 83.8 Å². The van der Waals surface area contributed by atoms with Crippen LogP contribution in [0.4, 0.5) is 0 Å². The number of ether oxygens (including phenoxy) is 4. The Morgan fingerprint density at radius 1 is 0.481 bits per heavy atom. The van der Waals surface area contributed by atoms with Gasteiger partial charge >= 0.3 is 23.9 Å². The molecule has 0 radical (unpaired) electrons.